The Morgan fingerprint density at radius 1 is 1.75 bits per heavy atom. The first-order valence-electron chi connectivity index (χ1n) is 2.87. The maximum atomic E-state index is 8.88. The molecule has 0 aromatic rings. The zero-order chi connectivity index (χ0) is 5.98. The summed E-state index contributed by atoms with van der Waals surface area (Å²) in [6.45, 7) is 1.17. The van der Waals surface area contributed by atoms with Crippen molar-refractivity contribution in [1.29, 1.82) is 0 Å². The minimum Gasteiger partial charge on any atom is -0.392 e. The second kappa shape index (κ2) is 2.44. The van der Waals surface area contributed by atoms with Gasteiger partial charge < -0.3 is 10.8 Å². The predicted molar refractivity (Wildman–Crippen MR) is 30.5 cm³/mol. The third-order valence-corrected chi connectivity index (χ3v) is 1.39. The fourth-order valence-corrected chi connectivity index (χ4v) is 0.905. The van der Waals surface area contributed by atoms with E-state index in [0.717, 1.165) is 6.42 Å². The first-order valence-corrected chi connectivity index (χ1v) is 2.87. The molecule has 1 saturated heterocycles. The Kier molecular flexibility index (Phi) is 1.83. The summed E-state index contributed by atoms with van der Waals surface area (Å²) in [4.78, 5) is 0. The van der Waals surface area contributed by atoms with Crippen molar-refractivity contribution in [2.75, 3.05) is 13.1 Å². The van der Waals surface area contributed by atoms with E-state index in [-0.39, 0.29) is 12.1 Å². The summed E-state index contributed by atoms with van der Waals surface area (Å²) in [5.74, 6) is 0. The third-order valence-electron chi connectivity index (χ3n) is 1.39. The van der Waals surface area contributed by atoms with Gasteiger partial charge in [-0.05, 0) is 6.42 Å². The number of rotatable bonds is 1. The van der Waals surface area contributed by atoms with Gasteiger partial charge in [-0.25, -0.2) is 5.32 Å². The van der Waals surface area contributed by atoms with E-state index in [1.165, 1.54) is 0 Å². The Labute approximate surface area is 48.9 Å². The number of aliphatic hydroxyl groups excluding tert-OH is 1. The molecular weight excluding hydrogens is 104 g/mol. The number of hydrogen-bond donors (Lipinski definition) is 2. The standard InChI is InChI=1S/C5H11N2O/c6-2-4-1-5(8)3-7-4/h4-5,8H,1-3,6H2. The van der Waals surface area contributed by atoms with Crippen LogP contribution in [-0.4, -0.2) is 30.3 Å². The topological polar surface area (TPSA) is 60.4 Å². The van der Waals surface area contributed by atoms with E-state index in [0.29, 0.717) is 13.1 Å². The van der Waals surface area contributed by atoms with Crippen molar-refractivity contribution in [3.8, 4) is 0 Å². The summed E-state index contributed by atoms with van der Waals surface area (Å²) in [5.41, 5.74) is 5.29. The number of nitrogens with zero attached hydrogens (tertiary/aromatic N) is 1. The van der Waals surface area contributed by atoms with Crippen LogP contribution in [0.1, 0.15) is 6.42 Å². The van der Waals surface area contributed by atoms with Crippen LogP contribution in [0.25, 0.3) is 0 Å². The molecule has 2 atom stereocenters. The first kappa shape index (κ1) is 6.01. The number of hydrogen-bond acceptors (Lipinski definition) is 2. The van der Waals surface area contributed by atoms with E-state index < -0.39 is 0 Å². The summed E-state index contributed by atoms with van der Waals surface area (Å²) >= 11 is 0. The van der Waals surface area contributed by atoms with Gasteiger partial charge >= 0.3 is 0 Å². The van der Waals surface area contributed by atoms with E-state index >= 15 is 0 Å². The van der Waals surface area contributed by atoms with Crippen LogP contribution < -0.4 is 11.1 Å². The fraction of sp³-hybridized carbons (Fsp3) is 1.00. The lowest BCUT2D eigenvalue weighted by atomic mass is 10.2. The lowest BCUT2D eigenvalue weighted by Crippen LogP contribution is -2.24. The van der Waals surface area contributed by atoms with Crippen molar-refractivity contribution in [2.45, 2.75) is 18.6 Å². The van der Waals surface area contributed by atoms with Gasteiger partial charge in [-0.1, -0.05) is 0 Å². The van der Waals surface area contributed by atoms with Gasteiger partial charge in [0.25, 0.3) is 0 Å². The second-order valence-electron chi connectivity index (χ2n) is 2.14. The first-order chi connectivity index (χ1) is 3.83. The molecule has 1 aliphatic rings. The highest BCUT2D eigenvalue weighted by Crippen LogP contribution is 2.05. The van der Waals surface area contributed by atoms with E-state index in [4.69, 9.17) is 10.8 Å². The van der Waals surface area contributed by atoms with Gasteiger partial charge in [0.15, 0.2) is 0 Å². The largest absolute Gasteiger partial charge is 0.392 e. The van der Waals surface area contributed by atoms with Crippen LogP contribution in [0.2, 0.25) is 0 Å². The van der Waals surface area contributed by atoms with Crippen LogP contribution in [-0.2, 0) is 0 Å². The van der Waals surface area contributed by atoms with Gasteiger partial charge in [0.2, 0.25) is 0 Å². The molecule has 0 aliphatic carbocycles. The minimum atomic E-state index is -0.219. The molecule has 1 radical (unpaired) electrons. The molecular formula is C5H11N2O. The maximum absolute atomic E-state index is 8.88. The maximum Gasteiger partial charge on any atom is 0.0697 e. The van der Waals surface area contributed by atoms with Crippen molar-refractivity contribution < 1.29 is 5.11 Å². The van der Waals surface area contributed by atoms with E-state index in [2.05, 4.69) is 5.32 Å². The smallest absolute Gasteiger partial charge is 0.0697 e. The van der Waals surface area contributed by atoms with E-state index in [9.17, 15) is 0 Å². The lowest BCUT2D eigenvalue weighted by Gasteiger charge is -2.00. The molecule has 47 valence electrons. The lowest BCUT2D eigenvalue weighted by molar-refractivity contribution is 0.193. The zero-order valence-electron chi connectivity index (χ0n) is 4.75. The summed E-state index contributed by atoms with van der Waals surface area (Å²) in [7, 11) is 0. The highest BCUT2D eigenvalue weighted by Gasteiger charge is 2.21. The third kappa shape index (κ3) is 1.18. The van der Waals surface area contributed by atoms with Gasteiger partial charge in [0.05, 0.1) is 6.10 Å². The van der Waals surface area contributed by atoms with Crippen LogP contribution in [0.3, 0.4) is 0 Å². The van der Waals surface area contributed by atoms with Gasteiger partial charge in [0, 0.05) is 19.1 Å². The molecule has 1 fully saturated rings. The average molecular weight is 115 g/mol. The van der Waals surface area contributed by atoms with Crippen LogP contribution in [0.5, 0.6) is 0 Å². The van der Waals surface area contributed by atoms with Gasteiger partial charge in [-0.3, -0.25) is 0 Å². The van der Waals surface area contributed by atoms with E-state index in [1.54, 1.807) is 0 Å². The van der Waals surface area contributed by atoms with Crippen LogP contribution >= 0.6 is 0 Å². The Balaban J connectivity index is 2.22. The Bertz CT molecular complexity index is 76.8. The monoisotopic (exact) mass is 115 g/mol. The predicted octanol–water partition coefficient (Wildman–Crippen LogP) is -1.32. The van der Waals surface area contributed by atoms with E-state index in [1.807, 2.05) is 0 Å². The average Bonchev–Trinajstić information content (AvgIpc) is 2.14. The molecule has 2 unspecified atom stereocenters. The van der Waals surface area contributed by atoms with Crippen LogP contribution in [0, 0.1) is 0 Å². The molecule has 0 spiro atoms. The molecule has 1 aliphatic heterocycles. The van der Waals surface area contributed by atoms with Crippen LogP contribution in [0.4, 0.5) is 0 Å². The molecule has 0 bridgehead atoms. The Morgan fingerprint density at radius 3 is 2.75 bits per heavy atom. The number of nitrogens with two attached hydrogens (primary N) is 1. The molecule has 3 heteroatoms. The quantitative estimate of drug-likeness (QED) is 0.445. The summed E-state index contributed by atoms with van der Waals surface area (Å²) in [6.07, 6.45) is 0.541. The summed E-state index contributed by atoms with van der Waals surface area (Å²) in [5, 5.41) is 12.9. The minimum absolute atomic E-state index is 0.219. The normalized spacial score (nSPS) is 38.2. The molecule has 8 heavy (non-hydrogen) atoms. The highest BCUT2D eigenvalue weighted by atomic mass is 16.3. The Hall–Kier alpha value is -0.120. The van der Waals surface area contributed by atoms with Crippen molar-refractivity contribution in [3.63, 3.8) is 0 Å². The molecule has 0 amide bonds. The highest BCUT2D eigenvalue weighted by molar-refractivity contribution is 4.80. The van der Waals surface area contributed by atoms with Gasteiger partial charge in [0.1, 0.15) is 0 Å². The molecule has 3 N–H and O–H groups in total. The SMILES string of the molecule is NCC1CC(O)C[N]1. The van der Waals surface area contributed by atoms with Crippen molar-refractivity contribution >= 4 is 0 Å². The zero-order valence-corrected chi connectivity index (χ0v) is 4.75. The van der Waals surface area contributed by atoms with Crippen molar-refractivity contribution in [1.82, 2.24) is 5.32 Å². The summed E-state index contributed by atoms with van der Waals surface area (Å²) < 4.78 is 0. The van der Waals surface area contributed by atoms with Crippen molar-refractivity contribution in [3.05, 3.63) is 0 Å². The van der Waals surface area contributed by atoms with Gasteiger partial charge in [-0.2, -0.15) is 0 Å². The van der Waals surface area contributed by atoms with Crippen molar-refractivity contribution in [2.24, 2.45) is 5.73 Å². The molecule has 1 rings (SSSR count). The molecule has 1 heterocycles. The van der Waals surface area contributed by atoms with Crippen LogP contribution in [0.15, 0.2) is 0 Å². The van der Waals surface area contributed by atoms with Gasteiger partial charge in [-0.15, -0.1) is 0 Å². The molecule has 0 aromatic heterocycles. The molecule has 0 saturated carbocycles. The Morgan fingerprint density at radius 2 is 2.50 bits per heavy atom. The molecule has 3 nitrogen and oxygen atoms in total. The second-order valence-corrected chi connectivity index (χ2v) is 2.14. The number of aliphatic hydroxyl groups is 1. The fourth-order valence-electron chi connectivity index (χ4n) is 0.905. The molecule has 0 aromatic carbocycles. The summed E-state index contributed by atoms with van der Waals surface area (Å²) in [6, 6.07) is 0.227.